The molecule has 0 bridgehead atoms. The molecule has 4 nitrogen and oxygen atoms in total. The van der Waals surface area contributed by atoms with Crippen LogP contribution < -0.4 is 10.1 Å². The Morgan fingerprint density at radius 3 is 2.43 bits per heavy atom. The maximum Gasteiger partial charge on any atom is 0.259 e. The number of aromatic hydroxyl groups is 1. The first kappa shape index (κ1) is 15.2. The fraction of sp³-hybridized carbons (Fsp3) is 0.0556. The summed E-state index contributed by atoms with van der Waals surface area (Å²) in [4.78, 5) is 12.5. The van der Waals surface area contributed by atoms with Crippen molar-refractivity contribution in [1.82, 2.24) is 0 Å². The Kier molecular flexibility index (Phi) is 4.08. The summed E-state index contributed by atoms with van der Waals surface area (Å²) < 4.78 is 5.32. The number of fused-ring (bicyclic) bond motifs is 1. The zero-order valence-electron chi connectivity index (χ0n) is 12.3. The fourth-order valence-corrected chi connectivity index (χ4v) is 2.53. The summed E-state index contributed by atoms with van der Waals surface area (Å²) in [5.41, 5.74) is 0.676. The fourth-order valence-electron chi connectivity index (χ4n) is 2.37. The van der Waals surface area contributed by atoms with Crippen LogP contribution in [0, 0.1) is 0 Å². The van der Waals surface area contributed by atoms with Crippen molar-refractivity contribution in [1.29, 1.82) is 0 Å². The van der Waals surface area contributed by atoms with Crippen LogP contribution >= 0.6 is 11.6 Å². The quantitative estimate of drug-likeness (QED) is 0.698. The van der Waals surface area contributed by atoms with Crippen molar-refractivity contribution < 1.29 is 14.6 Å². The van der Waals surface area contributed by atoms with Crippen LogP contribution in [0.5, 0.6) is 11.5 Å². The van der Waals surface area contributed by atoms with Gasteiger partial charge in [0.15, 0.2) is 0 Å². The number of amides is 1. The second kappa shape index (κ2) is 6.18. The standard InChI is InChI=1S/C18H14ClNO3/c1-23-17-9-12-5-3-2-4-11(12)8-14(17)18(22)20-15-7-6-13(19)10-16(15)21/h2-10,21H,1H3,(H,20,22). The van der Waals surface area contributed by atoms with Crippen LogP contribution in [0.3, 0.4) is 0 Å². The molecule has 0 aliphatic rings. The molecule has 0 saturated carbocycles. The van der Waals surface area contributed by atoms with Crippen molar-refractivity contribution in [2.75, 3.05) is 12.4 Å². The summed E-state index contributed by atoms with van der Waals surface area (Å²) in [5.74, 6) is 0.00508. The highest BCUT2D eigenvalue weighted by molar-refractivity contribution is 6.30. The van der Waals surface area contributed by atoms with Crippen LogP contribution in [0.15, 0.2) is 54.6 Å². The van der Waals surface area contributed by atoms with Crippen LogP contribution in [0.25, 0.3) is 10.8 Å². The predicted molar refractivity (Wildman–Crippen MR) is 91.6 cm³/mol. The van der Waals surface area contributed by atoms with Gasteiger partial charge in [0.25, 0.3) is 5.91 Å². The maximum atomic E-state index is 12.5. The van der Waals surface area contributed by atoms with Crippen molar-refractivity contribution >= 4 is 34.0 Å². The third-order valence-electron chi connectivity index (χ3n) is 3.52. The molecule has 0 spiro atoms. The van der Waals surface area contributed by atoms with Gasteiger partial charge < -0.3 is 15.2 Å². The van der Waals surface area contributed by atoms with Crippen molar-refractivity contribution in [2.24, 2.45) is 0 Å². The third-order valence-corrected chi connectivity index (χ3v) is 3.76. The molecule has 0 radical (unpaired) electrons. The van der Waals surface area contributed by atoms with E-state index in [0.29, 0.717) is 16.3 Å². The molecular formula is C18H14ClNO3. The summed E-state index contributed by atoms with van der Waals surface area (Å²) >= 11 is 5.79. The van der Waals surface area contributed by atoms with Gasteiger partial charge in [0.2, 0.25) is 0 Å². The number of halogens is 1. The van der Waals surface area contributed by atoms with Crippen LogP contribution in [-0.2, 0) is 0 Å². The zero-order chi connectivity index (χ0) is 16.4. The molecule has 0 heterocycles. The minimum absolute atomic E-state index is 0.0920. The van der Waals surface area contributed by atoms with E-state index in [1.807, 2.05) is 30.3 Å². The second-order valence-corrected chi connectivity index (χ2v) is 5.45. The van der Waals surface area contributed by atoms with Crippen LogP contribution in [0.2, 0.25) is 5.02 Å². The Morgan fingerprint density at radius 1 is 1.09 bits per heavy atom. The number of methoxy groups -OCH3 is 1. The normalized spacial score (nSPS) is 10.5. The number of hydrogen-bond donors (Lipinski definition) is 2. The Labute approximate surface area is 138 Å². The minimum atomic E-state index is -0.370. The van der Waals surface area contributed by atoms with Crippen LogP contribution in [0.1, 0.15) is 10.4 Å². The summed E-state index contributed by atoms with van der Waals surface area (Å²) in [6.07, 6.45) is 0. The van der Waals surface area contributed by atoms with Crippen molar-refractivity contribution in [2.45, 2.75) is 0 Å². The maximum absolute atomic E-state index is 12.5. The number of carbonyl (C=O) groups is 1. The first-order valence-electron chi connectivity index (χ1n) is 6.95. The van der Waals surface area contributed by atoms with E-state index in [1.54, 1.807) is 18.2 Å². The first-order chi connectivity index (χ1) is 11.1. The van der Waals surface area contributed by atoms with E-state index >= 15 is 0 Å². The molecule has 0 saturated heterocycles. The Morgan fingerprint density at radius 2 is 1.78 bits per heavy atom. The Bertz CT molecular complexity index is 893. The summed E-state index contributed by atoms with van der Waals surface area (Å²) in [6, 6.07) is 15.8. The van der Waals surface area contributed by atoms with Gasteiger partial charge in [-0.05, 0) is 35.0 Å². The van der Waals surface area contributed by atoms with E-state index in [2.05, 4.69) is 5.32 Å². The lowest BCUT2D eigenvalue weighted by molar-refractivity contribution is 0.102. The van der Waals surface area contributed by atoms with Crippen molar-refractivity contribution in [3.63, 3.8) is 0 Å². The van der Waals surface area contributed by atoms with E-state index < -0.39 is 0 Å². The molecule has 2 N–H and O–H groups in total. The molecule has 3 aromatic rings. The van der Waals surface area contributed by atoms with Crippen LogP contribution in [0.4, 0.5) is 5.69 Å². The lowest BCUT2D eigenvalue weighted by atomic mass is 10.1. The number of hydrogen-bond acceptors (Lipinski definition) is 3. The average molecular weight is 328 g/mol. The van der Waals surface area contributed by atoms with E-state index in [9.17, 15) is 9.90 Å². The van der Waals surface area contributed by atoms with Gasteiger partial charge in [-0.3, -0.25) is 4.79 Å². The van der Waals surface area contributed by atoms with Gasteiger partial charge >= 0.3 is 0 Å². The van der Waals surface area contributed by atoms with E-state index in [1.165, 1.54) is 13.2 Å². The largest absolute Gasteiger partial charge is 0.506 e. The van der Waals surface area contributed by atoms with Crippen molar-refractivity contribution in [3.8, 4) is 11.5 Å². The SMILES string of the molecule is COc1cc2ccccc2cc1C(=O)Nc1ccc(Cl)cc1O. The molecular weight excluding hydrogens is 314 g/mol. The number of phenolic OH excluding ortho intramolecular Hbond substituents is 1. The summed E-state index contributed by atoms with van der Waals surface area (Å²) in [5, 5.41) is 14.8. The second-order valence-electron chi connectivity index (χ2n) is 5.02. The van der Waals surface area contributed by atoms with Gasteiger partial charge in [-0.25, -0.2) is 0 Å². The number of benzene rings is 3. The Hall–Kier alpha value is -2.72. The predicted octanol–water partition coefficient (Wildman–Crippen LogP) is 4.46. The van der Waals surface area contributed by atoms with E-state index in [4.69, 9.17) is 16.3 Å². The molecule has 3 aromatic carbocycles. The Balaban J connectivity index is 1.99. The molecule has 0 aliphatic heterocycles. The first-order valence-corrected chi connectivity index (χ1v) is 7.33. The number of carbonyl (C=O) groups excluding carboxylic acids is 1. The minimum Gasteiger partial charge on any atom is -0.506 e. The molecule has 3 rings (SSSR count). The highest BCUT2D eigenvalue weighted by atomic mass is 35.5. The lowest BCUT2D eigenvalue weighted by Gasteiger charge is -2.12. The lowest BCUT2D eigenvalue weighted by Crippen LogP contribution is -2.13. The van der Waals surface area contributed by atoms with Crippen molar-refractivity contribution in [3.05, 3.63) is 65.2 Å². The molecule has 116 valence electrons. The molecule has 23 heavy (non-hydrogen) atoms. The smallest absolute Gasteiger partial charge is 0.259 e. The van der Waals surface area contributed by atoms with Crippen LogP contribution in [-0.4, -0.2) is 18.1 Å². The number of anilines is 1. The van der Waals surface area contributed by atoms with E-state index in [0.717, 1.165) is 10.8 Å². The highest BCUT2D eigenvalue weighted by Gasteiger charge is 2.15. The van der Waals surface area contributed by atoms with Gasteiger partial charge in [0.05, 0.1) is 18.4 Å². The van der Waals surface area contributed by atoms with Gasteiger partial charge in [0, 0.05) is 11.1 Å². The topological polar surface area (TPSA) is 58.6 Å². The van der Waals surface area contributed by atoms with Gasteiger partial charge in [-0.15, -0.1) is 0 Å². The number of ether oxygens (including phenoxy) is 1. The zero-order valence-corrected chi connectivity index (χ0v) is 13.1. The summed E-state index contributed by atoms with van der Waals surface area (Å²) in [6.45, 7) is 0. The number of phenols is 1. The molecule has 0 fully saturated rings. The molecule has 0 unspecified atom stereocenters. The number of rotatable bonds is 3. The van der Waals surface area contributed by atoms with Gasteiger partial charge in [0.1, 0.15) is 11.5 Å². The molecule has 5 heteroatoms. The molecule has 0 aliphatic carbocycles. The average Bonchev–Trinajstić information content (AvgIpc) is 2.56. The van der Waals surface area contributed by atoms with Gasteiger partial charge in [-0.2, -0.15) is 0 Å². The van der Waals surface area contributed by atoms with Gasteiger partial charge in [-0.1, -0.05) is 35.9 Å². The molecule has 0 atom stereocenters. The molecule has 0 aromatic heterocycles. The number of nitrogens with one attached hydrogen (secondary N) is 1. The summed E-state index contributed by atoms with van der Waals surface area (Å²) in [7, 11) is 1.51. The monoisotopic (exact) mass is 327 g/mol. The van der Waals surface area contributed by atoms with E-state index in [-0.39, 0.29) is 17.3 Å². The molecule has 1 amide bonds. The third kappa shape index (κ3) is 3.07. The highest BCUT2D eigenvalue weighted by Crippen LogP contribution is 2.30.